The average molecular weight is 864 g/mol. The van der Waals surface area contributed by atoms with Gasteiger partial charge in [-0.25, -0.2) is 0 Å². The van der Waals surface area contributed by atoms with Crippen molar-refractivity contribution in [2.75, 3.05) is 47.6 Å². The zero-order chi connectivity index (χ0) is 46.4. The molecule has 3 rings (SSSR count). The van der Waals surface area contributed by atoms with Crippen molar-refractivity contribution in [3.8, 4) is 5.75 Å². The lowest BCUT2D eigenvalue weighted by molar-refractivity contribution is -0.149. The largest absolute Gasteiger partial charge is 0.508 e. The molecule has 0 spiro atoms. The molecular formula is C49H77N5O8. The zero-order valence-corrected chi connectivity index (χ0v) is 39.6. The summed E-state index contributed by atoms with van der Waals surface area (Å²) in [5.74, 6) is -2.45. The van der Waals surface area contributed by atoms with Crippen LogP contribution in [0.15, 0.2) is 48.5 Å². The second-order valence-electron chi connectivity index (χ2n) is 18.5. The summed E-state index contributed by atoms with van der Waals surface area (Å²) in [6.07, 6.45) is 1.23. The first-order valence-corrected chi connectivity index (χ1v) is 22.5. The Morgan fingerprint density at radius 2 is 1.45 bits per heavy atom. The molecule has 2 aromatic rings. The fourth-order valence-corrected chi connectivity index (χ4v) is 9.38. The van der Waals surface area contributed by atoms with E-state index in [2.05, 4.69) is 19.2 Å². The van der Waals surface area contributed by atoms with Crippen LogP contribution in [0.3, 0.4) is 0 Å². The van der Waals surface area contributed by atoms with E-state index in [4.69, 9.17) is 15.2 Å². The van der Waals surface area contributed by atoms with Crippen LogP contribution in [0.1, 0.15) is 98.1 Å². The van der Waals surface area contributed by atoms with E-state index in [0.717, 1.165) is 24.0 Å². The number of benzene rings is 2. The third-order valence-corrected chi connectivity index (χ3v) is 13.1. The van der Waals surface area contributed by atoms with Crippen LogP contribution < -0.4 is 11.1 Å². The molecule has 9 atom stereocenters. The third kappa shape index (κ3) is 14.1. The fraction of sp³-hybridized carbons (Fsp3) is 0.653. The molecule has 3 amide bonds. The lowest BCUT2D eigenvalue weighted by atomic mass is 9.83. The number of carbonyl (C=O) groups excluding carboxylic acids is 5. The molecule has 62 heavy (non-hydrogen) atoms. The number of Topliss-reactive ketones (excluding diaryl/α,β-unsaturated/α-hetero) is 2. The smallest absolute Gasteiger partial charge is 0.226 e. The van der Waals surface area contributed by atoms with E-state index in [9.17, 15) is 29.1 Å². The molecule has 2 aromatic carbocycles. The lowest BCUT2D eigenvalue weighted by Gasteiger charge is -2.41. The van der Waals surface area contributed by atoms with Crippen LogP contribution in [0.25, 0.3) is 0 Å². The minimum absolute atomic E-state index is 0.0165. The predicted octanol–water partition coefficient (Wildman–Crippen LogP) is 6.15. The monoisotopic (exact) mass is 864 g/mol. The molecule has 13 heteroatoms. The summed E-state index contributed by atoms with van der Waals surface area (Å²) in [5.41, 5.74) is 8.14. The number of hydrogen-bond acceptors (Lipinski definition) is 10. The van der Waals surface area contributed by atoms with E-state index < -0.39 is 36.0 Å². The second-order valence-corrected chi connectivity index (χ2v) is 18.5. The van der Waals surface area contributed by atoms with Crippen molar-refractivity contribution in [2.45, 2.75) is 130 Å². The highest BCUT2D eigenvalue weighted by Crippen LogP contribution is 2.32. The number of nitrogen functional groups attached to an aromatic ring is 1. The molecule has 1 aliphatic heterocycles. The van der Waals surface area contributed by atoms with Gasteiger partial charge in [-0.1, -0.05) is 79.2 Å². The molecule has 1 aliphatic rings. The molecule has 0 aromatic heterocycles. The van der Waals surface area contributed by atoms with E-state index >= 15 is 0 Å². The van der Waals surface area contributed by atoms with Crippen LogP contribution in [-0.2, 0) is 46.4 Å². The van der Waals surface area contributed by atoms with Crippen molar-refractivity contribution < 1.29 is 38.6 Å². The molecule has 0 aliphatic carbocycles. The summed E-state index contributed by atoms with van der Waals surface area (Å²) in [5, 5.41) is 12.8. The van der Waals surface area contributed by atoms with Gasteiger partial charge < -0.3 is 35.4 Å². The maximum absolute atomic E-state index is 14.4. The van der Waals surface area contributed by atoms with E-state index in [1.54, 1.807) is 74.4 Å². The minimum atomic E-state index is -0.695. The maximum atomic E-state index is 14.4. The summed E-state index contributed by atoms with van der Waals surface area (Å²) in [7, 11) is 8.67. The van der Waals surface area contributed by atoms with Crippen LogP contribution in [0.4, 0.5) is 5.69 Å². The number of hydrogen-bond donors (Lipinski definition) is 3. The highest BCUT2D eigenvalue weighted by Gasteiger charge is 2.43. The maximum Gasteiger partial charge on any atom is 0.226 e. The number of nitrogens with one attached hydrogen (secondary N) is 1. The van der Waals surface area contributed by atoms with Gasteiger partial charge >= 0.3 is 0 Å². The number of phenols is 1. The second kappa shape index (κ2) is 24.5. The molecule has 0 unspecified atom stereocenters. The van der Waals surface area contributed by atoms with Crippen LogP contribution in [0, 0.1) is 35.5 Å². The Hall–Kier alpha value is -4.33. The molecular weight excluding hydrogens is 787 g/mol. The number of anilines is 1. The zero-order valence-electron chi connectivity index (χ0n) is 39.6. The van der Waals surface area contributed by atoms with Gasteiger partial charge in [-0.05, 0) is 86.5 Å². The van der Waals surface area contributed by atoms with E-state index in [1.165, 1.54) is 0 Å². The van der Waals surface area contributed by atoms with Crippen LogP contribution in [0.5, 0.6) is 5.75 Å². The number of aromatic hydroxyl groups is 1. The quantitative estimate of drug-likeness (QED) is 0.0985. The first kappa shape index (κ1) is 52.0. The van der Waals surface area contributed by atoms with Gasteiger partial charge in [-0.3, -0.25) is 28.9 Å². The van der Waals surface area contributed by atoms with Gasteiger partial charge in [-0.15, -0.1) is 0 Å². The van der Waals surface area contributed by atoms with Crippen LogP contribution >= 0.6 is 0 Å². The number of carbonyl (C=O) groups is 5. The Kier molecular flexibility index (Phi) is 20.6. The summed E-state index contributed by atoms with van der Waals surface area (Å²) in [6.45, 7) is 14.6. The Morgan fingerprint density at radius 3 is 1.98 bits per heavy atom. The topological polar surface area (TPSA) is 172 Å². The molecule has 0 radical (unpaired) electrons. The average Bonchev–Trinajstić information content (AvgIpc) is 3.71. The Morgan fingerprint density at radius 1 is 0.839 bits per heavy atom. The molecule has 0 saturated carbocycles. The Bertz CT molecular complexity index is 1740. The van der Waals surface area contributed by atoms with Crippen LogP contribution in [-0.4, -0.2) is 121 Å². The number of rotatable bonds is 25. The Balaban J connectivity index is 1.80. The molecule has 346 valence electrons. The van der Waals surface area contributed by atoms with Gasteiger partial charge in [0, 0.05) is 70.6 Å². The molecule has 0 bridgehead atoms. The standard InChI is InChI=1S/C49H77N5O8/c1-13-32(6)46(53(10)49(60)39(30(2)3)27-42(57)45(31(4)5)52(8)9)43(61-11)28-44(58)54-24-14-15-40(54)47(62-12)33(7)41(56)26-36(25-34-18-22-38(55)23-19-34)48(59)51-29-35-16-20-37(50)21-17-35/h16-23,30-33,36,39-40,43,45-47,55H,13-15,24-29,50H2,1-12H3,(H,51,59)/t32-,33-,36+,39-,40-,43+,45-,46-,47+/m0/s1. The fourth-order valence-electron chi connectivity index (χ4n) is 9.38. The predicted molar refractivity (Wildman–Crippen MR) is 244 cm³/mol. The van der Waals surface area contributed by atoms with Gasteiger partial charge in [0.25, 0.3) is 0 Å². The Labute approximate surface area is 371 Å². The van der Waals surface area contributed by atoms with Gasteiger partial charge in [-0.2, -0.15) is 0 Å². The third-order valence-electron chi connectivity index (χ3n) is 13.1. The van der Waals surface area contributed by atoms with Crippen molar-refractivity contribution >= 4 is 35.0 Å². The number of phenolic OH excluding ortho intramolecular Hbond substituents is 1. The number of likely N-dealkylation sites (tertiary alicyclic amines) is 1. The summed E-state index contributed by atoms with van der Waals surface area (Å²) in [6, 6.07) is 12.7. The number of nitrogens with zero attached hydrogens (tertiary/aromatic N) is 3. The first-order valence-electron chi connectivity index (χ1n) is 22.5. The van der Waals surface area contributed by atoms with Crippen molar-refractivity contribution in [2.24, 2.45) is 35.5 Å². The normalized spacial score (nSPS) is 18.2. The number of ketones is 2. The van der Waals surface area contributed by atoms with E-state index in [0.29, 0.717) is 18.7 Å². The minimum Gasteiger partial charge on any atom is -0.508 e. The van der Waals surface area contributed by atoms with Crippen molar-refractivity contribution in [1.29, 1.82) is 0 Å². The molecule has 1 fully saturated rings. The van der Waals surface area contributed by atoms with Crippen molar-refractivity contribution in [1.82, 2.24) is 20.0 Å². The highest BCUT2D eigenvalue weighted by atomic mass is 16.5. The number of likely N-dealkylation sites (N-methyl/N-ethyl adjacent to an activating group) is 2. The number of methoxy groups -OCH3 is 2. The number of ether oxygens (including phenoxy) is 2. The highest BCUT2D eigenvalue weighted by molar-refractivity contribution is 5.90. The van der Waals surface area contributed by atoms with E-state index in [1.807, 2.05) is 58.8 Å². The molecule has 1 saturated heterocycles. The summed E-state index contributed by atoms with van der Waals surface area (Å²) >= 11 is 0. The molecule has 1 heterocycles. The van der Waals surface area contributed by atoms with Crippen molar-refractivity contribution in [3.05, 3.63) is 59.7 Å². The van der Waals surface area contributed by atoms with Gasteiger partial charge in [0.2, 0.25) is 17.7 Å². The SMILES string of the molecule is CC[C@H](C)[C@@H]([C@@H](CC(=O)N1CCC[C@H]1[C@H](OC)[C@@H](C)C(=O)C[C@@H](Cc1ccc(O)cc1)C(=O)NCc1ccc(N)cc1)OC)N(C)C(=O)[C@@H](CC(=O)[C@H](C(C)C)N(C)C)C(C)C. The number of nitrogens with two attached hydrogens (primary N) is 1. The molecule has 13 nitrogen and oxygen atoms in total. The van der Waals surface area contributed by atoms with Gasteiger partial charge in [0.1, 0.15) is 11.5 Å². The summed E-state index contributed by atoms with van der Waals surface area (Å²) in [4.78, 5) is 75.8. The molecule has 4 N–H and O–H groups in total. The van der Waals surface area contributed by atoms with E-state index in [-0.39, 0.29) is 97.1 Å². The van der Waals surface area contributed by atoms with Crippen LogP contribution in [0.2, 0.25) is 0 Å². The van der Waals surface area contributed by atoms with Gasteiger partial charge in [0.15, 0.2) is 5.78 Å². The first-order chi connectivity index (χ1) is 29.2. The van der Waals surface area contributed by atoms with Crippen molar-refractivity contribution in [3.63, 3.8) is 0 Å². The number of amides is 3. The van der Waals surface area contributed by atoms with Gasteiger partial charge in [0.05, 0.1) is 36.8 Å². The lowest BCUT2D eigenvalue weighted by Crippen LogP contribution is -2.54. The summed E-state index contributed by atoms with van der Waals surface area (Å²) < 4.78 is 12.1.